The third-order valence-electron chi connectivity index (χ3n) is 8.07. The number of H-pyrrole nitrogens is 2. The first kappa shape index (κ1) is 26.2. The Morgan fingerprint density at radius 1 is 0.650 bits per heavy atom. The number of ether oxygens (including phenoxy) is 1. The van der Waals surface area contributed by atoms with Gasteiger partial charge in [-0.15, -0.1) is 0 Å². The van der Waals surface area contributed by atoms with Gasteiger partial charge in [0.05, 0.1) is 29.4 Å². The Morgan fingerprint density at radius 3 is 1.62 bits per heavy atom. The summed E-state index contributed by atoms with van der Waals surface area (Å²) in [5.74, 6) is 1.50. The molecule has 4 aromatic rings. The van der Waals surface area contributed by atoms with Crippen LogP contribution in [0.25, 0.3) is 55.5 Å². The predicted octanol–water partition coefficient (Wildman–Crippen LogP) is 8.81. The van der Waals surface area contributed by atoms with E-state index in [2.05, 4.69) is 107 Å². The lowest BCUT2D eigenvalue weighted by Crippen LogP contribution is -1.98. The molecule has 2 N–H and O–H groups in total. The van der Waals surface area contributed by atoms with Crippen molar-refractivity contribution in [1.82, 2.24) is 19.9 Å². The van der Waals surface area contributed by atoms with Gasteiger partial charge in [0.2, 0.25) is 0 Å². The van der Waals surface area contributed by atoms with Crippen LogP contribution < -0.4 is 4.74 Å². The van der Waals surface area contributed by atoms with Gasteiger partial charge in [-0.2, -0.15) is 12.6 Å². The van der Waals surface area contributed by atoms with E-state index < -0.39 is 0 Å². The Hall–Kier alpha value is -4.03. The van der Waals surface area contributed by atoms with Crippen LogP contribution in [0, 0.1) is 13.8 Å². The molecule has 6 rings (SSSR count). The monoisotopic (exact) mass is 546 g/mol. The van der Waals surface area contributed by atoms with E-state index in [1.54, 1.807) is 0 Å². The van der Waals surface area contributed by atoms with Gasteiger partial charge in [-0.3, -0.25) is 0 Å². The highest BCUT2D eigenvalue weighted by Crippen LogP contribution is 2.42. The smallest absolute Gasteiger partial charge is 0.119 e. The van der Waals surface area contributed by atoms with Gasteiger partial charge in [0.15, 0.2) is 0 Å². The molecule has 1 aromatic carbocycles. The number of nitrogens with one attached hydrogen (secondary N) is 2. The topological polar surface area (TPSA) is 66.6 Å². The average Bonchev–Trinajstić information content (AvgIpc) is 3.62. The van der Waals surface area contributed by atoms with E-state index in [-0.39, 0.29) is 0 Å². The van der Waals surface area contributed by atoms with Crippen LogP contribution in [-0.4, -0.2) is 32.3 Å². The largest absolute Gasteiger partial charge is 0.493 e. The van der Waals surface area contributed by atoms with Crippen molar-refractivity contribution in [3.8, 4) is 16.9 Å². The van der Waals surface area contributed by atoms with E-state index in [4.69, 9.17) is 14.7 Å². The van der Waals surface area contributed by atoms with Gasteiger partial charge < -0.3 is 14.7 Å². The molecule has 2 aliphatic rings. The van der Waals surface area contributed by atoms with Gasteiger partial charge in [0.25, 0.3) is 0 Å². The van der Waals surface area contributed by atoms with Crippen molar-refractivity contribution in [2.24, 2.45) is 0 Å². The zero-order valence-corrected chi connectivity index (χ0v) is 24.8. The van der Waals surface area contributed by atoms with E-state index in [1.165, 1.54) is 22.3 Å². The lowest BCUT2D eigenvalue weighted by molar-refractivity contribution is 0.344. The summed E-state index contributed by atoms with van der Waals surface area (Å²) < 4.78 is 5.81. The van der Waals surface area contributed by atoms with Gasteiger partial charge in [0.1, 0.15) is 5.75 Å². The molecular formula is C34H34N4OS. The molecular weight excluding hydrogens is 512 g/mol. The molecule has 202 valence electrons. The highest BCUT2D eigenvalue weighted by Gasteiger charge is 2.24. The summed E-state index contributed by atoms with van der Waals surface area (Å²) in [5.41, 5.74) is 17.2. The number of allylic oxidation sites excluding steroid dienone is 4. The van der Waals surface area contributed by atoms with Crippen LogP contribution >= 0.6 is 12.6 Å². The molecule has 0 amide bonds. The maximum Gasteiger partial charge on any atom is 0.119 e. The minimum absolute atomic E-state index is 0.570. The minimum atomic E-state index is 0.570. The molecule has 0 saturated carbocycles. The molecule has 0 radical (unpaired) electrons. The summed E-state index contributed by atoms with van der Waals surface area (Å²) >= 11 is 4.27. The number of nitrogens with zero attached hydrogens (tertiary/aromatic N) is 2. The van der Waals surface area contributed by atoms with Gasteiger partial charge in [-0.25, -0.2) is 9.97 Å². The summed E-state index contributed by atoms with van der Waals surface area (Å²) in [5, 5.41) is 0. The van der Waals surface area contributed by atoms with E-state index >= 15 is 0 Å². The number of benzene rings is 1. The molecule has 0 fully saturated rings. The second-order valence-electron chi connectivity index (χ2n) is 10.7. The van der Waals surface area contributed by atoms with Crippen LogP contribution in [0.15, 0.2) is 54.6 Å². The molecule has 6 heteroatoms. The highest BCUT2D eigenvalue weighted by atomic mass is 32.1. The van der Waals surface area contributed by atoms with Crippen molar-refractivity contribution in [2.75, 3.05) is 12.4 Å². The van der Waals surface area contributed by atoms with Crippen LogP contribution in [0.1, 0.15) is 61.6 Å². The fourth-order valence-electron chi connectivity index (χ4n) is 5.45. The van der Waals surface area contributed by atoms with Gasteiger partial charge >= 0.3 is 0 Å². The first-order valence-corrected chi connectivity index (χ1v) is 14.3. The third kappa shape index (κ3) is 4.56. The normalized spacial score (nSPS) is 13.4. The van der Waals surface area contributed by atoms with Gasteiger partial charge in [-0.1, -0.05) is 12.1 Å². The molecule has 8 bridgehead atoms. The van der Waals surface area contributed by atoms with Gasteiger partial charge in [0, 0.05) is 33.4 Å². The number of hydrogen-bond acceptors (Lipinski definition) is 4. The van der Waals surface area contributed by atoms with Crippen molar-refractivity contribution < 1.29 is 4.74 Å². The first-order valence-electron chi connectivity index (χ1n) is 13.7. The van der Waals surface area contributed by atoms with E-state index in [0.29, 0.717) is 12.4 Å². The highest BCUT2D eigenvalue weighted by molar-refractivity contribution is 7.80. The van der Waals surface area contributed by atoms with Crippen LogP contribution in [0.5, 0.6) is 5.75 Å². The molecule has 40 heavy (non-hydrogen) atoms. The molecule has 2 aliphatic heterocycles. The fourth-order valence-corrected chi connectivity index (χ4v) is 5.54. The maximum atomic E-state index is 5.81. The Morgan fingerprint density at radius 2 is 1.15 bits per heavy atom. The SMILES string of the molecule is CC1=C(C)c2nc1cc1[nH]c(cc1C)cc1cc(C)c(cc3nc(c2-c2ccc(OCCS)cc2)C(C)=C3C)[nH]1. The lowest BCUT2D eigenvalue weighted by Gasteiger charge is -2.11. The zero-order chi connectivity index (χ0) is 28.1. The molecule has 5 nitrogen and oxygen atoms in total. The number of aryl methyl sites for hydroxylation is 2. The van der Waals surface area contributed by atoms with E-state index in [0.717, 1.165) is 72.9 Å². The summed E-state index contributed by atoms with van der Waals surface area (Å²) in [6.45, 7) is 13.5. The number of fused-ring (bicyclic) bond motifs is 8. The molecule has 0 unspecified atom stereocenters. The number of aromatic amines is 2. The summed E-state index contributed by atoms with van der Waals surface area (Å²) in [6, 6.07) is 19.1. The Balaban J connectivity index is 1.74. The van der Waals surface area contributed by atoms with Crippen LogP contribution in [0.2, 0.25) is 0 Å². The third-order valence-corrected chi connectivity index (χ3v) is 8.25. The predicted molar refractivity (Wildman–Crippen MR) is 172 cm³/mol. The van der Waals surface area contributed by atoms with Crippen molar-refractivity contribution in [1.29, 1.82) is 0 Å². The minimum Gasteiger partial charge on any atom is -0.493 e. The Labute approximate surface area is 240 Å². The Kier molecular flexibility index (Phi) is 6.67. The second kappa shape index (κ2) is 10.2. The fraction of sp³-hybridized carbons (Fsp3) is 0.235. The molecule has 0 spiro atoms. The number of thiol groups is 1. The van der Waals surface area contributed by atoms with Crippen molar-refractivity contribution in [2.45, 2.75) is 41.5 Å². The molecule has 3 aromatic heterocycles. The number of hydrogen-bond donors (Lipinski definition) is 3. The summed E-state index contributed by atoms with van der Waals surface area (Å²) in [6.07, 6.45) is 0. The maximum absolute atomic E-state index is 5.81. The van der Waals surface area contributed by atoms with E-state index in [1.807, 2.05) is 12.1 Å². The zero-order valence-electron chi connectivity index (χ0n) is 23.9. The number of aromatic nitrogens is 4. The van der Waals surface area contributed by atoms with Crippen molar-refractivity contribution in [3.05, 3.63) is 88.5 Å². The van der Waals surface area contributed by atoms with Crippen molar-refractivity contribution >= 4 is 57.0 Å². The van der Waals surface area contributed by atoms with Crippen LogP contribution in [0.4, 0.5) is 0 Å². The molecule has 0 atom stereocenters. The number of rotatable bonds is 4. The molecule has 5 heterocycles. The molecule has 0 saturated heterocycles. The molecule has 0 aliphatic carbocycles. The first-order chi connectivity index (χ1) is 19.2. The lowest BCUT2D eigenvalue weighted by atomic mass is 9.94. The summed E-state index contributed by atoms with van der Waals surface area (Å²) in [4.78, 5) is 17.7. The second-order valence-corrected chi connectivity index (χ2v) is 11.2. The van der Waals surface area contributed by atoms with E-state index in [9.17, 15) is 0 Å². The summed E-state index contributed by atoms with van der Waals surface area (Å²) in [7, 11) is 0. The quantitative estimate of drug-likeness (QED) is 0.224. The van der Waals surface area contributed by atoms with Crippen LogP contribution in [0.3, 0.4) is 0 Å². The van der Waals surface area contributed by atoms with Crippen molar-refractivity contribution in [3.63, 3.8) is 0 Å². The van der Waals surface area contributed by atoms with Gasteiger partial charge in [-0.05, 0) is 123 Å². The van der Waals surface area contributed by atoms with Crippen LogP contribution in [-0.2, 0) is 0 Å². The average molecular weight is 547 g/mol. The Bertz CT molecular complexity index is 1780. The standard InChI is InChI=1S/C34H34N4OS/c1-18-13-25-15-26-14-19(2)29(36-26)17-31-21(4)23(6)34(38-31)32(24-7-9-27(10-8-24)39-11-12-40)33-22(5)20(3)30(37-33)16-28(18)35-25/h7-10,13-17,35-36,40H,11-12H2,1-6H3.